The minimum absolute atomic E-state index is 0.0860. The Kier molecular flexibility index (Phi) is 3.97. The van der Waals surface area contributed by atoms with Gasteiger partial charge >= 0.3 is 0 Å². The van der Waals surface area contributed by atoms with Crippen LogP contribution in [-0.4, -0.2) is 25.1 Å². The van der Waals surface area contributed by atoms with Crippen molar-refractivity contribution in [2.45, 2.75) is 13.8 Å². The van der Waals surface area contributed by atoms with Crippen molar-refractivity contribution in [2.75, 3.05) is 5.32 Å². The van der Waals surface area contributed by atoms with Crippen LogP contribution in [0.1, 0.15) is 11.4 Å². The first-order valence-electron chi connectivity index (χ1n) is 8.07. The lowest BCUT2D eigenvalue weighted by Crippen LogP contribution is -2.06. The van der Waals surface area contributed by atoms with Crippen LogP contribution >= 0.6 is 11.6 Å². The number of aromatic hydroxyl groups is 1. The topological polar surface area (TPSA) is 75.9 Å². The average Bonchev–Trinajstić information content (AvgIpc) is 2.96. The summed E-state index contributed by atoms with van der Waals surface area (Å²) in [5.74, 6) is 1.28. The number of phenolic OH excluding ortho intramolecular Hbond substituents is 1. The van der Waals surface area contributed by atoms with Gasteiger partial charge in [0.25, 0.3) is 0 Å². The highest BCUT2D eigenvalue weighted by atomic mass is 35.5. The molecular formula is C19H16ClN5O. The molecule has 0 bridgehead atoms. The zero-order chi connectivity index (χ0) is 18.3. The fourth-order valence-corrected chi connectivity index (χ4v) is 3.09. The van der Waals surface area contributed by atoms with E-state index in [9.17, 15) is 5.11 Å². The third kappa shape index (κ3) is 2.84. The average molecular weight is 366 g/mol. The minimum Gasteiger partial charge on any atom is -0.506 e. The number of benzene rings is 2. The van der Waals surface area contributed by atoms with Gasteiger partial charge in [0.05, 0.1) is 11.4 Å². The number of hydrogen-bond acceptors (Lipinski definition) is 5. The molecule has 0 spiro atoms. The Morgan fingerprint density at radius 2 is 1.77 bits per heavy atom. The lowest BCUT2D eigenvalue weighted by molar-refractivity contribution is 0.477. The molecule has 6 nitrogen and oxygen atoms in total. The van der Waals surface area contributed by atoms with Gasteiger partial charge in [-0.1, -0.05) is 35.9 Å². The molecule has 0 atom stereocenters. The van der Waals surface area contributed by atoms with E-state index in [1.165, 1.54) is 6.07 Å². The summed E-state index contributed by atoms with van der Waals surface area (Å²) < 4.78 is 1.78. The molecule has 0 aliphatic carbocycles. The molecule has 0 amide bonds. The van der Waals surface area contributed by atoms with Gasteiger partial charge in [-0.25, -0.2) is 4.68 Å². The number of nitrogens with zero attached hydrogens (tertiary/aromatic N) is 4. The van der Waals surface area contributed by atoms with Gasteiger partial charge in [0, 0.05) is 21.5 Å². The third-order valence-electron chi connectivity index (χ3n) is 4.09. The van der Waals surface area contributed by atoms with Gasteiger partial charge in [0.1, 0.15) is 5.75 Å². The fourth-order valence-electron chi connectivity index (χ4n) is 2.92. The summed E-state index contributed by atoms with van der Waals surface area (Å²) >= 11 is 6.03. The highest BCUT2D eigenvalue weighted by Crippen LogP contribution is 2.32. The first kappa shape index (κ1) is 16.4. The van der Waals surface area contributed by atoms with Crippen LogP contribution < -0.4 is 5.32 Å². The highest BCUT2D eigenvalue weighted by molar-refractivity contribution is 6.31. The number of phenols is 1. The van der Waals surface area contributed by atoms with Crippen molar-refractivity contribution in [2.24, 2.45) is 0 Å². The Balaban J connectivity index is 1.87. The second kappa shape index (κ2) is 6.31. The van der Waals surface area contributed by atoms with E-state index in [4.69, 9.17) is 11.6 Å². The van der Waals surface area contributed by atoms with Crippen LogP contribution in [0.5, 0.6) is 5.75 Å². The molecule has 26 heavy (non-hydrogen) atoms. The molecule has 130 valence electrons. The lowest BCUT2D eigenvalue weighted by Gasteiger charge is -2.12. The molecule has 0 aliphatic rings. The van der Waals surface area contributed by atoms with Crippen LogP contribution in [0.4, 0.5) is 11.5 Å². The number of halogens is 1. The molecule has 0 unspecified atom stereocenters. The van der Waals surface area contributed by atoms with E-state index in [0.29, 0.717) is 22.3 Å². The van der Waals surface area contributed by atoms with Gasteiger partial charge in [0.15, 0.2) is 11.6 Å². The van der Waals surface area contributed by atoms with Gasteiger partial charge in [-0.15, -0.1) is 10.2 Å². The predicted octanol–water partition coefficient (Wildman–Crippen LogP) is 4.53. The Morgan fingerprint density at radius 3 is 2.50 bits per heavy atom. The molecule has 7 heteroatoms. The van der Waals surface area contributed by atoms with E-state index in [1.54, 1.807) is 16.8 Å². The monoisotopic (exact) mass is 365 g/mol. The van der Waals surface area contributed by atoms with E-state index in [0.717, 1.165) is 22.2 Å². The van der Waals surface area contributed by atoms with E-state index in [1.807, 2.05) is 44.2 Å². The summed E-state index contributed by atoms with van der Waals surface area (Å²) in [6.07, 6.45) is 0. The first-order valence-corrected chi connectivity index (χ1v) is 8.45. The number of nitrogens with one attached hydrogen (secondary N) is 1. The van der Waals surface area contributed by atoms with E-state index < -0.39 is 0 Å². The van der Waals surface area contributed by atoms with Crippen LogP contribution in [0.2, 0.25) is 5.02 Å². The molecule has 0 saturated heterocycles. The van der Waals surface area contributed by atoms with Gasteiger partial charge in [-0.3, -0.25) is 0 Å². The van der Waals surface area contributed by atoms with Crippen molar-refractivity contribution in [3.63, 3.8) is 0 Å². The molecule has 2 N–H and O–H groups in total. The maximum Gasteiger partial charge on any atom is 0.183 e. The first-order chi connectivity index (χ1) is 12.5. The summed E-state index contributed by atoms with van der Waals surface area (Å²) in [4.78, 5) is 0. The van der Waals surface area contributed by atoms with E-state index >= 15 is 0 Å². The van der Waals surface area contributed by atoms with Crippen LogP contribution in [0.3, 0.4) is 0 Å². The summed E-state index contributed by atoms with van der Waals surface area (Å²) in [7, 11) is 0. The van der Waals surface area contributed by atoms with Crippen molar-refractivity contribution in [1.82, 2.24) is 20.0 Å². The van der Waals surface area contributed by atoms with Crippen LogP contribution in [0, 0.1) is 13.8 Å². The number of anilines is 2. The number of aromatic nitrogens is 4. The number of rotatable bonds is 3. The van der Waals surface area contributed by atoms with Gasteiger partial charge in [0.2, 0.25) is 0 Å². The van der Waals surface area contributed by atoms with E-state index in [-0.39, 0.29) is 5.75 Å². The Hall–Kier alpha value is -3.12. The van der Waals surface area contributed by atoms with Crippen LogP contribution in [0.15, 0.2) is 48.5 Å². The highest BCUT2D eigenvalue weighted by Gasteiger charge is 2.14. The normalized spacial score (nSPS) is 11.0. The fraction of sp³-hybridized carbons (Fsp3) is 0.105. The number of aryl methyl sites for hydroxylation is 2. The Bertz CT molecular complexity index is 1120. The second-order valence-electron chi connectivity index (χ2n) is 6.04. The number of hydrogen-bond donors (Lipinski definition) is 2. The lowest BCUT2D eigenvalue weighted by atomic mass is 10.1. The zero-order valence-electron chi connectivity index (χ0n) is 14.2. The second-order valence-corrected chi connectivity index (χ2v) is 6.48. The Labute approximate surface area is 155 Å². The van der Waals surface area contributed by atoms with Crippen molar-refractivity contribution in [3.8, 4) is 11.6 Å². The SMILES string of the molecule is Cc1cc(C)n(-c2nnc(Nc3cc(Cl)ccc3O)c3ccccc23)n1. The molecule has 0 radical (unpaired) electrons. The van der Waals surface area contributed by atoms with Crippen molar-refractivity contribution in [3.05, 3.63) is 64.9 Å². The molecule has 4 aromatic rings. The maximum absolute atomic E-state index is 10.1. The standard InChI is InChI=1S/C19H16ClN5O/c1-11-9-12(2)25(24-11)19-15-6-4-3-5-14(15)18(22-23-19)21-16-10-13(20)7-8-17(16)26/h3-10,26H,1-2H3,(H,21,22). The summed E-state index contributed by atoms with van der Waals surface area (Å²) in [5, 5.41) is 28.7. The molecule has 0 fully saturated rings. The zero-order valence-corrected chi connectivity index (χ0v) is 15.0. The Morgan fingerprint density at radius 1 is 1.00 bits per heavy atom. The van der Waals surface area contributed by atoms with Crippen molar-refractivity contribution < 1.29 is 5.11 Å². The van der Waals surface area contributed by atoms with Crippen LogP contribution in [-0.2, 0) is 0 Å². The largest absolute Gasteiger partial charge is 0.506 e. The molecule has 0 saturated carbocycles. The minimum atomic E-state index is 0.0860. The molecule has 0 aliphatic heterocycles. The predicted molar refractivity (Wildman–Crippen MR) is 103 cm³/mol. The molecule has 2 heterocycles. The van der Waals surface area contributed by atoms with E-state index in [2.05, 4.69) is 20.6 Å². The third-order valence-corrected chi connectivity index (χ3v) is 4.32. The summed E-state index contributed by atoms with van der Waals surface area (Å²) in [5.41, 5.74) is 2.37. The molecular weight excluding hydrogens is 350 g/mol. The van der Waals surface area contributed by atoms with Gasteiger partial charge in [-0.2, -0.15) is 5.10 Å². The smallest absolute Gasteiger partial charge is 0.183 e. The molecule has 4 rings (SSSR count). The van der Waals surface area contributed by atoms with Crippen molar-refractivity contribution in [1.29, 1.82) is 0 Å². The molecule has 2 aromatic carbocycles. The van der Waals surface area contributed by atoms with Gasteiger partial charge < -0.3 is 10.4 Å². The molecule has 2 aromatic heterocycles. The van der Waals surface area contributed by atoms with Crippen molar-refractivity contribution >= 4 is 33.9 Å². The van der Waals surface area contributed by atoms with Crippen LogP contribution in [0.25, 0.3) is 16.6 Å². The maximum atomic E-state index is 10.1. The van der Waals surface area contributed by atoms with Gasteiger partial charge in [-0.05, 0) is 38.1 Å². The summed E-state index contributed by atoms with van der Waals surface area (Å²) in [6.45, 7) is 3.92. The summed E-state index contributed by atoms with van der Waals surface area (Å²) in [6, 6.07) is 14.6. The number of fused-ring (bicyclic) bond motifs is 1. The quantitative estimate of drug-likeness (QED) is 0.521.